The third-order valence-corrected chi connectivity index (χ3v) is 4.04. The van der Waals surface area contributed by atoms with Crippen molar-refractivity contribution in [1.82, 2.24) is 9.97 Å². The average Bonchev–Trinajstić information content (AvgIpc) is 2.59. The summed E-state index contributed by atoms with van der Waals surface area (Å²) in [6.45, 7) is 3.85. The smallest absolute Gasteiger partial charge is 0.229 e. The first-order chi connectivity index (χ1) is 12.0. The molecule has 2 aromatic carbocycles. The minimum atomic E-state index is 0.456. The zero-order valence-corrected chi connectivity index (χ0v) is 14.6. The Labute approximate surface area is 151 Å². The van der Waals surface area contributed by atoms with Gasteiger partial charge >= 0.3 is 0 Å². The van der Waals surface area contributed by atoms with Crippen LogP contribution in [0.25, 0.3) is 0 Å². The van der Waals surface area contributed by atoms with Gasteiger partial charge in [0.05, 0.1) is 11.6 Å². The predicted octanol–water partition coefficient (Wildman–Crippen LogP) is 5.11. The monoisotopic (exact) mass is 349 g/mol. The highest BCUT2D eigenvalue weighted by Gasteiger charge is 2.07. The van der Waals surface area contributed by atoms with E-state index in [2.05, 4.69) is 26.7 Å². The van der Waals surface area contributed by atoms with Gasteiger partial charge in [-0.05, 0) is 49.7 Å². The van der Waals surface area contributed by atoms with Crippen molar-refractivity contribution in [2.24, 2.45) is 0 Å². The number of hydrogen-bond donors (Lipinski definition) is 2. The molecule has 0 unspecified atom stereocenters. The lowest BCUT2D eigenvalue weighted by atomic mass is 10.2. The molecule has 3 aromatic rings. The molecule has 0 aliphatic heterocycles. The fraction of sp³-hybridized carbons (Fsp3) is 0.105. The van der Waals surface area contributed by atoms with Crippen LogP contribution in [0, 0.1) is 25.2 Å². The summed E-state index contributed by atoms with van der Waals surface area (Å²) in [5.74, 6) is 1.12. The van der Waals surface area contributed by atoms with Gasteiger partial charge in [-0.2, -0.15) is 10.2 Å². The van der Waals surface area contributed by atoms with Gasteiger partial charge in [-0.25, -0.2) is 4.98 Å². The molecule has 1 aromatic heterocycles. The predicted molar refractivity (Wildman–Crippen MR) is 101 cm³/mol. The number of halogens is 1. The Hall–Kier alpha value is -3.10. The minimum absolute atomic E-state index is 0.456. The van der Waals surface area contributed by atoms with Crippen LogP contribution in [0.4, 0.5) is 23.1 Å². The van der Waals surface area contributed by atoms with E-state index in [0.29, 0.717) is 22.4 Å². The topological polar surface area (TPSA) is 73.6 Å². The summed E-state index contributed by atoms with van der Waals surface area (Å²) >= 11 is 6.17. The molecule has 0 amide bonds. The Morgan fingerprint density at radius 2 is 1.80 bits per heavy atom. The highest BCUT2D eigenvalue weighted by atomic mass is 35.5. The Morgan fingerprint density at radius 1 is 1.00 bits per heavy atom. The van der Waals surface area contributed by atoms with Gasteiger partial charge in [-0.15, -0.1) is 0 Å². The molecular weight excluding hydrogens is 334 g/mol. The third kappa shape index (κ3) is 4.06. The van der Waals surface area contributed by atoms with E-state index in [0.717, 1.165) is 22.6 Å². The molecule has 3 rings (SSSR count). The summed E-state index contributed by atoms with van der Waals surface area (Å²) in [6, 6.07) is 16.8. The van der Waals surface area contributed by atoms with Gasteiger partial charge in [0.2, 0.25) is 5.95 Å². The van der Waals surface area contributed by atoms with E-state index in [9.17, 15) is 0 Å². The molecule has 25 heavy (non-hydrogen) atoms. The average molecular weight is 350 g/mol. The van der Waals surface area contributed by atoms with Crippen LogP contribution in [0.5, 0.6) is 0 Å². The molecular formula is C19H16ClN5. The molecule has 1 heterocycles. The van der Waals surface area contributed by atoms with E-state index in [1.54, 1.807) is 12.1 Å². The second kappa shape index (κ2) is 7.20. The second-order valence-corrected chi connectivity index (χ2v) is 5.98. The zero-order chi connectivity index (χ0) is 17.8. The summed E-state index contributed by atoms with van der Waals surface area (Å²) < 4.78 is 0. The lowest BCUT2D eigenvalue weighted by Crippen LogP contribution is -2.03. The van der Waals surface area contributed by atoms with Gasteiger partial charge in [0.25, 0.3) is 0 Å². The number of nitrogens with one attached hydrogen (secondary N) is 2. The molecule has 0 bridgehead atoms. The number of rotatable bonds is 4. The maximum absolute atomic E-state index is 9.00. The van der Waals surface area contributed by atoms with E-state index in [1.165, 1.54) is 0 Å². The lowest BCUT2D eigenvalue weighted by molar-refractivity contribution is 1.11. The van der Waals surface area contributed by atoms with Crippen molar-refractivity contribution >= 4 is 34.7 Å². The molecule has 6 heteroatoms. The quantitative estimate of drug-likeness (QED) is 0.685. The second-order valence-electron chi connectivity index (χ2n) is 5.57. The highest BCUT2D eigenvalue weighted by Crippen LogP contribution is 2.26. The van der Waals surface area contributed by atoms with Gasteiger partial charge in [-0.3, -0.25) is 0 Å². The molecule has 5 nitrogen and oxygen atoms in total. The first-order valence-corrected chi connectivity index (χ1v) is 8.08. The van der Waals surface area contributed by atoms with Crippen molar-refractivity contribution in [3.05, 3.63) is 70.4 Å². The van der Waals surface area contributed by atoms with Crippen molar-refractivity contribution in [3.63, 3.8) is 0 Å². The number of aryl methyl sites for hydroxylation is 1. The zero-order valence-electron chi connectivity index (χ0n) is 13.8. The van der Waals surface area contributed by atoms with E-state index in [-0.39, 0.29) is 0 Å². The number of aromatic nitrogens is 2. The summed E-state index contributed by atoms with van der Waals surface area (Å²) in [4.78, 5) is 8.89. The van der Waals surface area contributed by atoms with Crippen LogP contribution < -0.4 is 10.6 Å². The molecule has 0 aliphatic rings. The first kappa shape index (κ1) is 16.7. The number of anilines is 4. The fourth-order valence-corrected chi connectivity index (χ4v) is 2.54. The maximum Gasteiger partial charge on any atom is 0.229 e. The standard InChI is InChI=1S/C19H16ClN5/c1-12-9-18(24-17-8-4-7-16(20)13(17)2)25-19(22-12)23-15-6-3-5-14(10-15)11-21/h3-10H,1-2H3,(H2,22,23,24,25). The molecule has 0 atom stereocenters. The van der Waals surface area contributed by atoms with Gasteiger partial charge in [0, 0.05) is 28.2 Å². The van der Waals surface area contributed by atoms with Crippen molar-refractivity contribution in [3.8, 4) is 6.07 Å². The Bertz CT molecular complexity index is 962. The van der Waals surface area contributed by atoms with Crippen molar-refractivity contribution in [2.45, 2.75) is 13.8 Å². The van der Waals surface area contributed by atoms with Crippen molar-refractivity contribution in [2.75, 3.05) is 10.6 Å². The van der Waals surface area contributed by atoms with E-state index < -0.39 is 0 Å². The van der Waals surface area contributed by atoms with Crippen molar-refractivity contribution < 1.29 is 0 Å². The van der Waals surface area contributed by atoms with E-state index >= 15 is 0 Å². The molecule has 124 valence electrons. The minimum Gasteiger partial charge on any atom is -0.340 e. The lowest BCUT2D eigenvalue weighted by Gasteiger charge is -2.12. The van der Waals surface area contributed by atoms with Crippen LogP contribution >= 0.6 is 11.6 Å². The van der Waals surface area contributed by atoms with Crippen LogP contribution in [0.3, 0.4) is 0 Å². The number of nitriles is 1. The summed E-state index contributed by atoms with van der Waals surface area (Å²) in [5, 5.41) is 16.1. The largest absolute Gasteiger partial charge is 0.340 e. The fourth-order valence-electron chi connectivity index (χ4n) is 2.36. The van der Waals surface area contributed by atoms with Crippen LogP contribution in [-0.2, 0) is 0 Å². The number of nitrogens with zero attached hydrogens (tertiary/aromatic N) is 3. The molecule has 0 spiro atoms. The molecule has 2 N–H and O–H groups in total. The molecule has 0 saturated heterocycles. The summed E-state index contributed by atoms with van der Waals surface area (Å²) in [5.41, 5.74) is 4.00. The van der Waals surface area contributed by atoms with Gasteiger partial charge in [-0.1, -0.05) is 23.7 Å². The Kier molecular flexibility index (Phi) is 4.82. The normalized spacial score (nSPS) is 10.2. The van der Waals surface area contributed by atoms with Crippen LogP contribution in [0.2, 0.25) is 5.02 Å². The van der Waals surface area contributed by atoms with Crippen LogP contribution in [0.15, 0.2) is 48.5 Å². The molecule has 0 saturated carbocycles. The maximum atomic E-state index is 9.00. The van der Waals surface area contributed by atoms with Gasteiger partial charge in [0.1, 0.15) is 5.82 Å². The summed E-state index contributed by atoms with van der Waals surface area (Å²) in [6.07, 6.45) is 0. The SMILES string of the molecule is Cc1cc(Nc2cccc(Cl)c2C)nc(Nc2cccc(C#N)c2)n1. The first-order valence-electron chi connectivity index (χ1n) is 7.70. The highest BCUT2D eigenvalue weighted by molar-refractivity contribution is 6.31. The van der Waals surface area contributed by atoms with Gasteiger partial charge in [0.15, 0.2) is 0 Å². The van der Waals surface area contributed by atoms with Crippen LogP contribution in [0.1, 0.15) is 16.8 Å². The van der Waals surface area contributed by atoms with E-state index in [4.69, 9.17) is 16.9 Å². The molecule has 0 aliphatic carbocycles. The molecule has 0 fully saturated rings. The van der Waals surface area contributed by atoms with Crippen LogP contribution in [-0.4, -0.2) is 9.97 Å². The Balaban J connectivity index is 1.87. The third-order valence-electron chi connectivity index (χ3n) is 3.63. The Morgan fingerprint density at radius 3 is 2.60 bits per heavy atom. The molecule has 0 radical (unpaired) electrons. The van der Waals surface area contributed by atoms with Gasteiger partial charge < -0.3 is 10.6 Å². The van der Waals surface area contributed by atoms with Crippen molar-refractivity contribution in [1.29, 1.82) is 5.26 Å². The van der Waals surface area contributed by atoms with E-state index in [1.807, 2.05) is 50.2 Å². The summed E-state index contributed by atoms with van der Waals surface area (Å²) in [7, 11) is 0. The number of benzene rings is 2. The number of hydrogen-bond acceptors (Lipinski definition) is 5.